The molecule has 10 aromatic rings. The number of benzene rings is 8. The Bertz CT molecular complexity index is 3160. The Morgan fingerprint density at radius 1 is 0.509 bits per heavy atom. The Hall–Kier alpha value is -6.43. The van der Waals surface area contributed by atoms with Crippen molar-refractivity contribution in [2.75, 3.05) is 4.90 Å². The fourth-order valence-electron chi connectivity index (χ4n) is 10.1. The van der Waals surface area contributed by atoms with Crippen molar-refractivity contribution in [3.05, 3.63) is 176 Å². The second kappa shape index (κ2) is 9.91. The Kier molecular flexibility index (Phi) is 5.27. The molecule has 0 bridgehead atoms. The van der Waals surface area contributed by atoms with Crippen LogP contribution in [0.3, 0.4) is 0 Å². The molecule has 0 N–H and O–H groups in total. The van der Waals surface area contributed by atoms with Gasteiger partial charge in [-0.25, -0.2) is 0 Å². The van der Waals surface area contributed by atoms with Crippen LogP contribution < -0.4 is 15.8 Å². The van der Waals surface area contributed by atoms with E-state index >= 15 is 0 Å². The Labute approximate surface area is 307 Å². The van der Waals surface area contributed by atoms with E-state index in [1.807, 2.05) is 0 Å². The van der Waals surface area contributed by atoms with Crippen molar-refractivity contribution in [1.82, 2.24) is 4.48 Å². The predicted molar refractivity (Wildman–Crippen MR) is 221 cm³/mol. The largest absolute Gasteiger partial charge is 0.456 e. The highest BCUT2D eigenvalue weighted by Crippen LogP contribution is 2.79. The zero-order chi connectivity index (χ0) is 34.4. The highest BCUT2D eigenvalue weighted by molar-refractivity contribution is 8.34. The van der Waals surface area contributed by atoms with Gasteiger partial charge in [-0.3, -0.25) is 0 Å². The molecule has 53 heavy (non-hydrogen) atoms. The van der Waals surface area contributed by atoms with E-state index in [0.29, 0.717) is 0 Å². The molecule has 0 amide bonds. The SMILES string of the molecule is c1ccc(S2(c3ccccc3)c3ccccc3N3c4cc5oc6ccccc6c5c5c4B(c4cccc2c43)n2c3ccccc3c3cccc-5c32)cc1. The van der Waals surface area contributed by atoms with E-state index in [1.54, 1.807) is 0 Å². The van der Waals surface area contributed by atoms with Crippen molar-refractivity contribution >= 4 is 88.6 Å². The van der Waals surface area contributed by atoms with Crippen LogP contribution in [0.2, 0.25) is 0 Å². The molecule has 0 radical (unpaired) electrons. The number of hydrogen-bond acceptors (Lipinski definition) is 2. The number of anilines is 3. The molecule has 246 valence electrons. The van der Waals surface area contributed by atoms with Crippen LogP contribution in [0.4, 0.5) is 17.1 Å². The summed E-state index contributed by atoms with van der Waals surface area (Å²) in [6.07, 6.45) is 0. The lowest BCUT2D eigenvalue weighted by molar-refractivity contribution is 0.669. The van der Waals surface area contributed by atoms with Crippen molar-refractivity contribution in [1.29, 1.82) is 0 Å². The molecular formula is C48H29BN2OS. The molecule has 5 heteroatoms. The van der Waals surface area contributed by atoms with Crippen molar-refractivity contribution in [3.8, 4) is 11.1 Å². The summed E-state index contributed by atoms with van der Waals surface area (Å²) in [5.74, 6) is 0. The van der Waals surface area contributed by atoms with Crippen LogP contribution in [0.5, 0.6) is 0 Å². The molecule has 3 nitrogen and oxygen atoms in total. The monoisotopic (exact) mass is 692 g/mol. The number of fused-ring (bicyclic) bond motifs is 13. The minimum absolute atomic E-state index is 0.0459. The van der Waals surface area contributed by atoms with Crippen LogP contribution in [-0.2, 0) is 0 Å². The van der Waals surface area contributed by atoms with Gasteiger partial charge in [-0.05, 0) is 71.1 Å². The molecule has 0 fully saturated rings. The van der Waals surface area contributed by atoms with Crippen LogP contribution in [0.25, 0.3) is 54.9 Å². The number of hydrogen-bond donors (Lipinski definition) is 0. The third-order valence-corrected chi connectivity index (χ3v) is 15.9. The number of para-hydroxylation sites is 5. The van der Waals surface area contributed by atoms with Crippen molar-refractivity contribution in [3.63, 3.8) is 0 Å². The zero-order valence-corrected chi connectivity index (χ0v) is 29.3. The van der Waals surface area contributed by atoms with Crippen LogP contribution in [0.1, 0.15) is 0 Å². The molecule has 0 aliphatic carbocycles. The lowest BCUT2D eigenvalue weighted by atomic mass is 9.45. The molecular weight excluding hydrogens is 663 g/mol. The van der Waals surface area contributed by atoms with Crippen LogP contribution >= 0.6 is 10.0 Å². The van der Waals surface area contributed by atoms with Gasteiger partial charge in [0.2, 0.25) is 0 Å². The molecule has 0 unspecified atom stereocenters. The minimum Gasteiger partial charge on any atom is -0.456 e. The first-order valence-electron chi connectivity index (χ1n) is 18.3. The molecule has 5 heterocycles. The van der Waals surface area contributed by atoms with Gasteiger partial charge in [-0.2, -0.15) is 0 Å². The van der Waals surface area contributed by atoms with E-state index in [2.05, 4.69) is 185 Å². The molecule has 0 spiro atoms. The summed E-state index contributed by atoms with van der Waals surface area (Å²) in [4.78, 5) is 8.00. The van der Waals surface area contributed by atoms with Gasteiger partial charge in [0, 0.05) is 69.5 Å². The number of aromatic nitrogens is 1. The summed E-state index contributed by atoms with van der Waals surface area (Å²) in [5, 5.41) is 4.95. The molecule has 8 aromatic carbocycles. The van der Waals surface area contributed by atoms with E-state index in [0.717, 1.165) is 16.6 Å². The summed E-state index contributed by atoms with van der Waals surface area (Å²) in [5.41, 5.74) is 13.3. The predicted octanol–water partition coefficient (Wildman–Crippen LogP) is 11.8. The molecule has 0 atom stereocenters. The average Bonchev–Trinajstić information content (AvgIpc) is 3.77. The lowest BCUT2D eigenvalue weighted by Gasteiger charge is -2.53. The molecule has 0 saturated heterocycles. The van der Waals surface area contributed by atoms with Crippen molar-refractivity contribution in [2.24, 2.45) is 0 Å². The normalized spacial score (nSPS) is 15.1. The third-order valence-electron chi connectivity index (χ3n) is 12.0. The van der Waals surface area contributed by atoms with Crippen molar-refractivity contribution < 1.29 is 4.42 Å². The van der Waals surface area contributed by atoms with Gasteiger partial charge < -0.3 is 13.8 Å². The number of furan rings is 1. The summed E-state index contributed by atoms with van der Waals surface area (Å²) >= 11 is 0. The topological polar surface area (TPSA) is 21.3 Å². The van der Waals surface area contributed by atoms with Gasteiger partial charge in [0.05, 0.1) is 11.4 Å². The van der Waals surface area contributed by atoms with E-state index in [9.17, 15) is 0 Å². The first kappa shape index (κ1) is 28.2. The van der Waals surface area contributed by atoms with E-state index in [-0.39, 0.29) is 6.85 Å². The summed E-state index contributed by atoms with van der Waals surface area (Å²) < 4.78 is 9.49. The van der Waals surface area contributed by atoms with Crippen LogP contribution in [-0.4, -0.2) is 11.3 Å². The fourth-order valence-corrected chi connectivity index (χ4v) is 14.3. The second-order valence-electron chi connectivity index (χ2n) is 14.4. The highest BCUT2D eigenvalue weighted by atomic mass is 32.3. The first-order chi connectivity index (χ1) is 26.3. The second-order valence-corrected chi connectivity index (χ2v) is 17.4. The van der Waals surface area contributed by atoms with Gasteiger partial charge in [0.15, 0.2) is 0 Å². The Balaban J connectivity index is 1.28. The lowest BCUT2D eigenvalue weighted by Crippen LogP contribution is -2.57. The maximum atomic E-state index is 6.83. The van der Waals surface area contributed by atoms with Gasteiger partial charge >= 0.3 is 6.85 Å². The summed E-state index contributed by atoms with van der Waals surface area (Å²) in [6, 6.07) is 65.6. The Morgan fingerprint density at radius 2 is 1.17 bits per heavy atom. The van der Waals surface area contributed by atoms with Crippen molar-refractivity contribution in [2.45, 2.75) is 19.6 Å². The van der Waals surface area contributed by atoms with Gasteiger partial charge in [0.25, 0.3) is 0 Å². The summed E-state index contributed by atoms with van der Waals surface area (Å²) in [6.45, 7) is -0.0459. The summed E-state index contributed by atoms with van der Waals surface area (Å²) in [7, 11) is -1.91. The van der Waals surface area contributed by atoms with E-state index in [4.69, 9.17) is 4.42 Å². The van der Waals surface area contributed by atoms with Crippen LogP contribution in [0, 0.1) is 0 Å². The molecule has 2 aromatic heterocycles. The number of rotatable bonds is 2. The average molecular weight is 693 g/mol. The van der Waals surface area contributed by atoms with Crippen LogP contribution in [0.15, 0.2) is 200 Å². The molecule has 3 aliphatic heterocycles. The smallest absolute Gasteiger partial charge is 0.333 e. The van der Waals surface area contributed by atoms with Gasteiger partial charge in [0.1, 0.15) is 11.2 Å². The van der Waals surface area contributed by atoms with Gasteiger partial charge in [-0.1, -0.05) is 115 Å². The number of nitrogens with zero attached hydrogens (tertiary/aromatic N) is 2. The Morgan fingerprint density at radius 3 is 2.00 bits per heavy atom. The maximum Gasteiger partial charge on any atom is 0.333 e. The first-order valence-corrected chi connectivity index (χ1v) is 19.9. The zero-order valence-electron chi connectivity index (χ0n) is 28.5. The quantitative estimate of drug-likeness (QED) is 0.168. The van der Waals surface area contributed by atoms with Gasteiger partial charge in [-0.15, -0.1) is 10.0 Å². The van der Waals surface area contributed by atoms with E-state index in [1.165, 1.54) is 85.9 Å². The maximum absolute atomic E-state index is 6.83. The van der Waals surface area contributed by atoms with E-state index < -0.39 is 10.0 Å². The fraction of sp³-hybridized carbons (Fsp3) is 0. The highest BCUT2D eigenvalue weighted by Gasteiger charge is 2.50. The molecule has 3 aliphatic rings. The third kappa shape index (κ3) is 3.27. The standard InChI is InChI=1S/C48H29BN2OS/c1-3-15-30(16-4-1)53(31-17-5-2-6-18-31)42-27-12-10-25-38(42)50-39-29-41-44(34-20-8-11-26-40(34)52-41)45-35-22-13-21-33-32-19-7-9-24-37(32)51(47(33)35)49(46(39)45)36-23-14-28-43(53)48(36)50/h1-29H. The molecule has 0 saturated carbocycles. The molecule has 13 rings (SSSR count). The minimum atomic E-state index is -1.91.